The molecule has 0 aliphatic carbocycles. The zero-order valence-electron chi connectivity index (χ0n) is 37.3. The van der Waals surface area contributed by atoms with Crippen molar-refractivity contribution in [3.05, 3.63) is 12.3 Å². The van der Waals surface area contributed by atoms with E-state index in [2.05, 4.69) is 104 Å². The topological polar surface area (TPSA) is 116 Å². The molecule has 0 radical (unpaired) electrons. The molecule has 54 heavy (non-hydrogen) atoms. The second-order valence-corrected chi connectivity index (χ2v) is 41.1. The monoisotopic (exact) mass is 910 g/mol. The van der Waals surface area contributed by atoms with Crippen LogP contribution in [0.1, 0.15) is 142 Å². The van der Waals surface area contributed by atoms with Gasteiger partial charge in [0.05, 0.1) is 0 Å². The average Bonchev–Trinajstić information content (AvgIpc) is 3.09. The fourth-order valence-electron chi connectivity index (χ4n) is 10.2. The van der Waals surface area contributed by atoms with Crippen molar-refractivity contribution in [2.24, 2.45) is 0 Å². The molecule has 0 aromatic carbocycles. The zero-order chi connectivity index (χ0) is 41.0. The molecule has 320 valence electrons. The second kappa shape index (κ2) is 23.3. The molecule has 2 aliphatic heterocycles. The van der Waals surface area contributed by atoms with E-state index in [0.717, 1.165) is 51.8 Å². The summed E-state index contributed by atoms with van der Waals surface area (Å²) in [6.07, 6.45) is 1.91. The summed E-state index contributed by atoms with van der Waals surface area (Å²) in [6.45, 7) is 34.1. The molecule has 3 N–H and O–H groups in total. The van der Waals surface area contributed by atoms with Gasteiger partial charge >= 0.3 is 340 Å². The van der Waals surface area contributed by atoms with Gasteiger partial charge < -0.3 is 0 Å². The summed E-state index contributed by atoms with van der Waals surface area (Å²) in [7, 11) is -4.59. The second-order valence-electron chi connectivity index (χ2n) is 18.5. The van der Waals surface area contributed by atoms with E-state index in [0.29, 0.717) is 33.2 Å². The molecular weight excluding hydrogens is 823 g/mol. The van der Waals surface area contributed by atoms with Gasteiger partial charge in [0.15, 0.2) is 0 Å². The predicted molar refractivity (Wildman–Crippen MR) is 229 cm³/mol. The van der Waals surface area contributed by atoms with Crippen molar-refractivity contribution in [1.29, 1.82) is 0 Å². The first-order valence-corrected chi connectivity index (χ1v) is 33.4. The molecule has 0 amide bonds. The minimum absolute atomic E-state index is 0.178. The normalized spacial score (nSPS) is 27.3. The van der Waals surface area contributed by atoms with Crippen molar-refractivity contribution >= 4 is 35.4 Å². The Morgan fingerprint density at radius 1 is 0.593 bits per heavy atom. The Bertz CT molecular complexity index is 1010. The maximum absolute atomic E-state index is 12.2. The van der Waals surface area contributed by atoms with Crippen LogP contribution in [-0.4, -0.2) is 113 Å². The van der Waals surface area contributed by atoms with Gasteiger partial charge in [-0.1, -0.05) is 0 Å². The Labute approximate surface area is 338 Å². The van der Waals surface area contributed by atoms with Gasteiger partial charge in [-0.15, -0.1) is 0 Å². The van der Waals surface area contributed by atoms with Crippen molar-refractivity contribution < 1.29 is 41.5 Å². The predicted octanol–water partition coefficient (Wildman–Crippen LogP) is 10.2. The van der Waals surface area contributed by atoms with Crippen molar-refractivity contribution in [2.75, 3.05) is 13.2 Å². The van der Waals surface area contributed by atoms with Crippen LogP contribution in [0.5, 0.6) is 0 Å². The minimum atomic E-state index is -3.39. The van der Waals surface area contributed by atoms with E-state index in [-0.39, 0.29) is 13.2 Å². The van der Waals surface area contributed by atoms with E-state index in [1.54, 1.807) is 6.08 Å². The van der Waals surface area contributed by atoms with Crippen LogP contribution < -0.4 is 0 Å². The van der Waals surface area contributed by atoms with Gasteiger partial charge in [-0.05, 0) is 0 Å². The standard InChI is InChI=1S/C30H59O9Si2.3C4H9.Sn/c1-17(2)40(18(3)4,19(5)6)36-15-24-26(32)27(33)28(34)30(38-24)39-29-23(31)13-14-35-25(29)16-37-41(20(7)8,21(9)10)22(11)12;3*1-3-4-2;/h13-14,17-32,34H,15-16H2,1-12H3;3*1,3-4H2,2H3;/q-1;;;;+1/t23-,24-,25-,26+,27+,28-,29+,30+;;;;/m1..../s1. The first-order valence-electron chi connectivity index (χ1n) is 21.9. The van der Waals surface area contributed by atoms with E-state index in [1.165, 1.54) is 6.26 Å². The van der Waals surface area contributed by atoms with Crippen LogP contribution in [0.3, 0.4) is 0 Å². The Hall–Kier alpha value is 0.452. The van der Waals surface area contributed by atoms with Crippen molar-refractivity contribution in [2.45, 2.75) is 238 Å². The Balaban J connectivity index is 2.59. The van der Waals surface area contributed by atoms with Gasteiger partial charge in [0.2, 0.25) is 0 Å². The summed E-state index contributed by atoms with van der Waals surface area (Å²) in [5.41, 5.74) is 2.19. The van der Waals surface area contributed by atoms with Crippen LogP contribution >= 0.6 is 0 Å². The van der Waals surface area contributed by atoms with Crippen LogP contribution in [0, 0.1) is 0 Å². The SMILES string of the molecule is CCC[CH2][Sn]([CH2]CCC)([CH2]CCC)[O][C@H]1[C@@H](O)[C@@H](CO[Si](C(C)C)(C(C)C)C(C)C)O[C@@H](O[C@H]2[C@H](O)C=CO[C@@H]2CO[Si](C(C)C)(C(C)C)C(C)C)[C@@H]1O. The van der Waals surface area contributed by atoms with Gasteiger partial charge in [0.25, 0.3) is 0 Å². The molecule has 2 rings (SSSR count). The number of aliphatic hydroxyl groups excluding tert-OH is 3. The molecule has 0 aromatic rings. The summed E-state index contributed by atoms with van der Waals surface area (Å²) in [5, 5.41) is 35.8. The zero-order valence-corrected chi connectivity index (χ0v) is 42.2. The molecule has 0 aromatic heterocycles. The van der Waals surface area contributed by atoms with E-state index >= 15 is 0 Å². The first kappa shape index (κ1) is 50.6. The molecule has 9 nitrogen and oxygen atoms in total. The molecule has 12 heteroatoms. The average molecular weight is 910 g/mol. The van der Waals surface area contributed by atoms with Crippen LogP contribution in [0.15, 0.2) is 12.3 Å². The summed E-state index contributed by atoms with van der Waals surface area (Å²) >= 11 is -3.39. The molecule has 2 aliphatic rings. The number of unbranched alkanes of at least 4 members (excludes halogenated alkanes) is 3. The van der Waals surface area contributed by atoms with Gasteiger partial charge in [-0.25, -0.2) is 0 Å². The molecule has 0 bridgehead atoms. The van der Waals surface area contributed by atoms with E-state index < -0.39 is 84.4 Å². The maximum atomic E-state index is 12.2. The fraction of sp³-hybridized carbons (Fsp3) is 0.952. The van der Waals surface area contributed by atoms with Gasteiger partial charge in [0, 0.05) is 0 Å². The Morgan fingerprint density at radius 2 is 1.00 bits per heavy atom. The molecule has 8 atom stereocenters. The van der Waals surface area contributed by atoms with E-state index in [9.17, 15) is 15.3 Å². The van der Waals surface area contributed by atoms with Gasteiger partial charge in [-0.2, -0.15) is 0 Å². The van der Waals surface area contributed by atoms with Gasteiger partial charge in [-0.3, -0.25) is 0 Å². The molecule has 0 spiro atoms. The van der Waals surface area contributed by atoms with E-state index in [4.69, 9.17) is 26.1 Å². The van der Waals surface area contributed by atoms with Crippen molar-refractivity contribution in [1.82, 2.24) is 0 Å². The fourth-order valence-corrected chi connectivity index (χ4v) is 35.2. The molecule has 2 heterocycles. The quantitative estimate of drug-likeness (QED) is 0.0770. The van der Waals surface area contributed by atoms with Crippen LogP contribution in [0.25, 0.3) is 0 Å². The van der Waals surface area contributed by atoms with Crippen molar-refractivity contribution in [3.8, 4) is 0 Å². The van der Waals surface area contributed by atoms with Crippen LogP contribution in [0.2, 0.25) is 46.6 Å². The Kier molecular flexibility index (Phi) is 21.8. The number of aliphatic hydroxyl groups is 3. The summed E-state index contributed by atoms with van der Waals surface area (Å²) in [5.74, 6) is 0. The molecule has 1 saturated heterocycles. The Morgan fingerprint density at radius 3 is 1.39 bits per heavy atom. The third kappa shape index (κ3) is 12.3. The van der Waals surface area contributed by atoms with E-state index in [1.807, 2.05) is 0 Å². The third-order valence-electron chi connectivity index (χ3n) is 12.9. The number of hydrogen-bond acceptors (Lipinski definition) is 9. The van der Waals surface area contributed by atoms with Crippen molar-refractivity contribution in [3.63, 3.8) is 0 Å². The summed E-state index contributed by atoms with van der Waals surface area (Å²) < 4.78 is 43.9. The summed E-state index contributed by atoms with van der Waals surface area (Å²) in [6, 6.07) is 0. The first-order chi connectivity index (χ1) is 25.3. The third-order valence-corrected chi connectivity index (χ3v) is 38.1. The van der Waals surface area contributed by atoms with Crippen LogP contribution in [0.4, 0.5) is 0 Å². The van der Waals surface area contributed by atoms with Gasteiger partial charge in [0.1, 0.15) is 0 Å². The number of hydrogen-bond donors (Lipinski definition) is 3. The molecule has 0 unspecified atom stereocenters. The molecular formula is C42H86O9Si2Sn. The summed E-state index contributed by atoms with van der Waals surface area (Å²) in [4.78, 5) is 0. The number of ether oxygens (including phenoxy) is 3. The molecule has 1 fully saturated rings. The van der Waals surface area contributed by atoms with Crippen LogP contribution in [-0.2, 0) is 26.1 Å². The molecule has 0 saturated carbocycles. The number of rotatable bonds is 25.